The molecule has 0 aromatic carbocycles. The van der Waals surface area contributed by atoms with Gasteiger partial charge in [-0.3, -0.25) is 0 Å². The van der Waals surface area contributed by atoms with Crippen LogP contribution in [0, 0.1) is 0 Å². The fraction of sp³-hybridized carbons (Fsp3) is 0.400. The smallest absolute Gasteiger partial charge is 0.227 e. The van der Waals surface area contributed by atoms with E-state index in [9.17, 15) is 5.11 Å². The molecule has 2 N–H and O–H groups in total. The Bertz CT molecular complexity index is 996. The first kappa shape index (κ1) is 18.4. The molecule has 0 atom stereocenters. The zero-order chi connectivity index (χ0) is 19.7. The van der Waals surface area contributed by atoms with Crippen molar-refractivity contribution in [1.82, 2.24) is 19.9 Å². The van der Waals surface area contributed by atoms with Gasteiger partial charge in [-0.2, -0.15) is 4.98 Å². The minimum absolute atomic E-state index is 0.473. The van der Waals surface area contributed by atoms with E-state index in [4.69, 9.17) is 4.74 Å². The van der Waals surface area contributed by atoms with Gasteiger partial charge >= 0.3 is 0 Å². The molecule has 0 aliphatic carbocycles. The highest BCUT2D eigenvalue weighted by Crippen LogP contribution is 2.33. The van der Waals surface area contributed by atoms with Crippen LogP contribution >= 0.6 is 0 Å². The number of hydrogen-bond acceptors (Lipinski definition) is 8. The van der Waals surface area contributed by atoms with Crippen molar-refractivity contribution in [2.24, 2.45) is 0 Å². The fourth-order valence-corrected chi connectivity index (χ4v) is 3.45. The molecule has 0 unspecified atom stereocenters. The summed E-state index contributed by atoms with van der Waals surface area (Å²) in [4.78, 5) is 19.9. The summed E-state index contributed by atoms with van der Waals surface area (Å²) in [5.74, 6) is 2.50. The lowest BCUT2D eigenvalue weighted by Gasteiger charge is -2.21. The largest absolute Gasteiger partial charge is 0.481 e. The Balaban J connectivity index is 1.71. The van der Waals surface area contributed by atoms with E-state index in [2.05, 4.69) is 30.2 Å². The first-order chi connectivity index (χ1) is 13.5. The van der Waals surface area contributed by atoms with Crippen molar-refractivity contribution < 1.29 is 9.84 Å². The van der Waals surface area contributed by atoms with Gasteiger partial charge in [0.05, 0.1) is 18.1 Å². The summed E-state index contributed by atoms with van der Waals surface area (Å²) in [5.41, 5.74) is -0.345. The summed E-state index contributed by atoms with van der Waals surface area (Å²) in [7, 11) is 1.57. The van der Waals surface area contributed by atoms with Crippen molar-refractivity contribution in [1.29, 1.82) is 0 Å². The molecule has 3 aromatic rings. The van der Waals surface area contributed by atoms with Gasteiger partial charge in [0.1, 0.15) is 11.6 Å². The first-order valence-electron chi connectivity index (χ1n) is 9.36. The van der Waals surface area contributed by atoms with Gasteiger partial charge in [0, 0.05) is 37.2 Å². The number of nitrogens with zero attached hydrogens (tertiary/aromatic N) is 5. The van der Waals surface area contributed by atoms with Crippen LogP contribution < -0.4 is 15.0 Å². The van der Waals surface area contributed by atoms with Crippen LogP contribution in [-0.2, 0) is 5.60 Å². The van der Waals surface area contributed by atoms with Crippen molar-refractivity contribution in [3.05, 3.63) is 36.3 Å². The van der Waals surface area contributed by atoms with Gasteiger partial charge in [0.2, 0.25) is 11.8 Å². The van der Waals surface area contributed by atoms with E-state index in [0.717, 1.165) is 29.8 Å². The maximum atomic E-state index is 10.5. The highest BCUT2D eigenvalue weighted by molar-refractivity contribution is 5.91. The summed E-state index contributed by atoms with van der Waals surface area (Å²) in [5, 5.41) is 15.4. The van der Waals surface area contributed by atoms with Crippen LogP contribution in [0.4, 0.5) is 17.6 Å². The number of methoxy groups -OCH3 is 1. The molecule has 1 saturated heterocycles. The van der Waals surface area contributed by atoms with Gasteiger partial charge < -0.3 is 20.1 Å². The molecule has 0 saturated carbocycles. The molecular weight excluding hydrogens is 356 g/mol. The van der Waals surface area contributed by atoms with Crippen LogP contribution in [0.3, 0.4) is 0 Å². The van der Waals surface area contributed by atoms with E-state index in [1.165, 1.54) is 12.8 Å². The number of fused-ring (bicyclic) bond motifs is 1. The van der Waals surface area contributed by atoms with Gasteiger partial charge in [-0.05, 0) is 44.2 Å². The third-order valence-corrected chi connectivity index (χ3v) is 4.88. The summed E-state index contributed by atoms with van der Waals surface area (Å²) < 4.78 is 5.35. The Labute approximate surface area is 163 Å². The number of hydrogen-bond donors (Lipinski definition) is 2. The normalized spacial score (nSPS) is 14.5. The van der Waals surface area contributed by atoms with Crippen molar-refractivity contribution >= 4 is 28.4 Å². The molecule has 28 heavy (non-hydrogen) atoms. The lowest BCUT2D eigenvalue weighted by Crippen LogP contribution is -2.20. The SMILES string of the molecule is COc1ncc(C(C)(C)O)c2cc(Nc3ccnc(N4CCCC4)n3)ncc12. The molecule has 8 nitrogen and oxygen atoms in total. The van der Waals surface area contributed by atoms with Crippen molar-refractivity contribution in [3.63, 3.8) is 0 Å². The Morgan fingerprint density at radius 2 is 1.86 bits per heavy atom. The maximum Gasteiger partial charge on any atom is 0.227 e. The first-order valence-corrected chi connectivity index (χ1v) is 9.36. The molecule has 146 valence electrons. The van der Waals surface area contributed by atoms with Crippen LogP contribution in [0.5, 0.6) is 5.88 Å². The Morgan fingerprint density at radius 3 is 2.57 bits per heavy atom. The highest BCUT2D eigenvalue weighted by Gasteiger charge is 2.22. The predicted molar refractivity (Wildman–Crippen MR) is 108 cm³/mol. The minimum Gasteiger partial charge on any atom is -0.481 e. The van der Waals surface area contributed by atoms with Crippen molar-refractivity contribution in [3.8, 4) is 5.88 Å². The second-order valence-electron chi connectivity index (χ2n) is 7.42. The lowest BCUT2D eigenvalue weighted by molar-refractivity contribution is 0.0798. The summed E-state index contributed by atoms with van der Waals surface area (Å²) in [6.07, 6.45) is 7.42. The average Bonchev–Trinajstić information content (AvgIpc) is 3.21. The molecule has 0 spiro atoms. The van der Waals surface area contributed by atoms with Gasteiger partial charge in [-0.1, -0.05) is 0 Å². The number of nitrogens with one attached hydrogen (secondary N) is 1. The number of aliphatic hydroxyl groups is 1. The molecule has 4 heterocycles. The second kappa shape index (κ2) is 7.20. The fourth-order valence-electron chi connectivity index (χ4n) is 3.45. The van der Waals surface area contributed by atoms with Crippen molar-refractivity contribution in [2.75, 3.05) is 30.4 Å². The lowest BCUT2D eigenvalue weighted by atomic mass is 9.95. The topological polar surface area (TPSA) is 96.3 Å². The number of anilines is 3. The highest BCUT2D eigenvalue weighted by atomic mass is 16.5. The Kier molecular flexibility index (Phi) is 4.72. The molecule has 1 aliphatic heterocycles. The summed E-state index contributed by atoms with van der Waals surface area (Å²) in [6.45, 7) is 5.44. The van der Waals surface area contributed by atoms with Crippen LogP contribution in [0.15, 0.2) is 30.7 Å². The third-order valence-electron chi connectivity index (χ3n) is 4.88. The number of pyridine rings is 2. The van der Waals surface area contributed by atoms with Gasteiger partial charge in [0.25, 0.3) is 0 Å². The number of rotatable bonds is 5. The molecule has 8 heteroatoms. The van der Waals surface area contributed by atoms with Gasteiger partial charge in [0.15, 0.2) is 0 Å². The second-order valence-corrected chi connectivity index (χ2v) is 7.42. The maximum absolute atomic E-state index is 10.5. The molecular formula is C20H24N6O2. The van der Waals surface area contributed by atoms with Crippen LogP contribution in [0.2, 0.25) is 0 Å². The molecule has 1 fully saturated rings. The summed E-state index contributed by atoms with van der Waals surface area (Å²) >= 11 is 0. The minimum atomic E-state index is -1.05. The average molecular weight is 380 g/mol. The van der Waals surface area contributed by atoms with E-state index in [-0.39, 0.29) is 0 Å². The molecule has 4 rings (SSSR count). The van der Waals surface area contributed by atoms with E-state index < -0.39 is 5.60 Å². The standard InChI is InChI=1S/C20H24N6O2/c1-20(2,27)15-12-23-18(28-3)14-11-22-17(10-13(14)15)24-16-6-7-21-19(25-16)26-8-4-5-9-26/h6-7,10-12,27H,4-5,8-9H2,1-3H3,(H,21,22,24,25). The number of aromatic nitrogens is 4. The zero-order valence-corrected chi connectivity index (χ0v) is 16.3. The van der Waals surface area contributed by atoms with E-state index in [1.807, 2.05) is 12.1 Å². The monoisotopic (exact) mass is 380 g/mol. The quantitative estimate of drug-likeness (QED) is 0.697. The molecule has 0 amide bonds. The summed E-state index contributed by atoms with van der Waals surface area (Å²) in [6, 6.07) is 3.69. The Morgan fingerprint density at radius 1 is 1.07 bits per heavy atom. The molecule has 3 aromatic heterocycles. The third kappa shape index (κ3) is 3.55. The van der Waals surface area contributed by atoms with Crippen molar-refractivity contribution in [2.45, 2.75) is 32.3 Å². The molecule has 0 radical (unpaired) electrons. The molecule has 1 aliphatic rings. The zero-order valence-electron chi connectivity index (χ0n) is 16.3. The van der Waals surface area contributed by atoms with Crippen LogP contribution in [0.25, 0.3) is 10.8 Å². The van der Waals surface area contributed by atoms with Crippen LogP contribution in [0.1, 0.15) is 32.3 Å². The van der Waals surface area contributed by atoms with E-state index >= 15 is 0 Å². The van der Waals surface area contributed by atoms with Crippen LogP contribution in [-0.4, -0.2) is 45.2 Å². The van der Waals surface area contributed by atoms with E-state index in [1.54, 1.807) is 39.5 Å². The molecule has 0 bridgehead atoms. The Hall–Kier alpha value is -3.00. The predicted octanol–water partition coefficient (Wildman–Crippen LogP) is 3.00. The number of ether oxygens (including phenoxy) is 1. The van der Waals surface area contributed by atoms with Gasteiger partial charge in [-0.15, -0.1) is 0 Å². The van der Waals surface area contributed by atoms with E-state index in [0.29, 0.717) is 23.1 Å². The van der Waals surface area contributed by atoms with Gasteiger partial charge in [-0.25, -0.2) is 15.0 Å².